The zero-order valence-corrected chi connectivity index (χ0v) is 9.40. The Morgan fingerprint density at radius 3 is 2.81 bits per heavy atom. The molecule has 0 aromatic heterocycles. The average Bonchev–Trinajstić information content (AvgIpc) is 2.29. The molecule has 0 aliphatic carbocycles. The molecule has 4 heteroatoms. The first kappa shape index (κ1) is 12.3. The summed E-state index contributed by atoms with van der Waals surface area (Å²) in [5.41, 5.74) is 6.50. The maximum Gasteiger partial charge on any atom is 0.174 e. The Morgan fingerprint density at radius 1 is 1.38 bits per heavy atom. The number of benzene rings is 1. The Kier molecular flexibility index (Phi) is 5.17. The maximum absolute atomic E-state index is 8.53. The van der Waals surface area contributed by atoms with Crippen molar-refractivity contribution in [1.82, 2.24) is 0 Å². The number of nitriles is 1. The monoisotopic (exact) mass is 220 g/mol. The molecule has 0 fully saturated rings. The Bertz CT molecular complexity index is 348. The number of hydrogen-bond acceptors (Lipinski definition) is 4. The molecule has 1 aromatic carbocycles. The predicted molar refractivity (Wildman–Crippen MR) is 61.5 cm³/mol. The number of nitrogens with zero attached hydrogens (tertiary/aromatic N) is 1. The Labute approximate surface area is 95.6 Å². The van der Waals surface area contributed by atoms with Crippen LogP contribution in [0.2, 0.25) is 0 Å². The van der Waals surface area contributed by atoms with Gasteiger partial charge in [-0.3, -0.25) is 0 Å². The van der Waals surface area contributed by atoms with Crippen molar-refractivity contribution >= 4 is 0 Å². The van der Waals surface area contributed by atoms with Crippen LogP contribution in [0, 0.1) is 11.3 Å². The van der Waals surface area contributed by atoms with Crippen LogP contribution in [-0.4, -0.2) is 19.8 Å². The number of rotatable bonds is 6. The van der Waals surface area contributed by atoms with Gasteiger partial charge in [0.1, 0.15) is 6.07 Å². The number of ether oxygens (including phenoxy) is 2. The van der Waals surface area contributed by atoms with Crippen LogP contribution in [0.3, 0.4) is 0 Å². The van der Waals surface area contributed by atoms with Gasteiger partial charge < -0.3 is 15.2 Å². The highest BCUT2D eigenvalue weighted by atomic mass is 16.5. The van der Waals surface area contributed by atoms with Crippen LogP contribution in [-0.2, 0) is 6.42 Å². The lowest BCUT2D eigenvalue weighted by Gasteiger charge is -2.13. The molecule has 4 nitrogen and oxygen atoms in total. The van der Waals surface area contributed by atoms with E-state index in [0.717, 1.165) is 5.56 Å². The molecule has 0 saturated heterocycles. The van der Waals surface area contributed by atoms with Gasteiger partial charge in [-0.25, -0.2) is 0 Å². The summed E-state index contributed by atoms with van der Waals surface area (Å²) in [6, 6.07) is 7.61. The van der Waals surface area contributed by atoms with Crippen molar-refractivity contribution in [3.8, 4) is 17.6 Å². The summed E-state index contributed by atoms with van der Waals surface area (Å²) in [6.45, 7) is 3.03. The van der Waals surface area contributed by atoms with E-state index in [9.17, 15) is 0 Å². The standard InChI is InChI=1S/C12H16N2O2/c1-2-15-11-5-3-4-10(6-7-13)12(11)16-9-8-14/h3-5H,2,6-7,9,13H2,1H3. The van der Waals surface area contributed by atoms with Gasteiger partial charge in [0.05, 0.1) is 6.61 Å². The summed E-state index contributed by atoms with van der Waals surface area (Å²) in [7, 11) is 0. The van der Waals surface area contributed by atoms with Crippen molar-refractivity contribution in [2.24, 2.45) is 5.73 Å². The molecule has 2 N–H and O–H groups in total. The van der Waals surface area contributed by atoms with Crippen molar-refractivity contribution in [1.29, 1.82) is 5.26 Å². The van der Waals surface area contributed by atoms with Crippen molar-refractivity contribution in [3.63, 3.8) is 0 Å². The van der Waals surface area contributed by atoms with E-state index in [2.05, 4.69) is 0 Å². The first-order chi connectivity index (χ1) is 7.83. The fourth-order valence-corrected chi connectivity index (χ4v) is 1.45. The molecule has 16 heavy (non-hydrogen) atoms. The highest BCUT2D eigenvalue weighted by Crippen LogP contribution is 2.31. The van der Waals surface area contributed by atoms with Gasteiger partial charge >= 0.3 is 0 Å². The van der Waals surface area contributed by atoms with Crippen LogP contribution in [0.15, 0.2) is 18.2 Å². The average molecular weight is 220 g/mol. The summed E-state index contributed by atoms with van der Waals surface area (Å²) < 4.78 is 10.8. The molecular weight excluding hydrogens is 204 g/mol. The number of nitrogens with two attached hydrogens (primary N) is 1. The zero-order valence-electron chi connectivity index (χ0n) is 9.40. The van der Waals surface area contributed by atoms with Gasteiger partial charge in [-0.15, -0.1) is 0 Å². The summed E-state index contributed by atoms with van der Waals surface area (Å²) >= 11 is 0. The fourth-order valence-electron chi connectivity index (χ4n) is 1.45. The topological polar surface area (TPSA) is 68.3 Å². The molecule has 1 rings (SSSR count). The van der Waals surface area contributed by atoms with Crippen molar-refractivity contribution in [3.05, 3.63) is 23.8 Å². The molecule has 0 spiro atoms. The van der Waals surface area contributed by atoms with E-state index in [1.807, 2.05) is 31.2 Å². The van der Waals surface area contributed by atoms with Crippen molar-refractivity contribution < 1.29 is 9.47 Å². The molecule has 0 unspecified atom stereocenters. The van der Waals surface area contributed by atoms with Gasteiger partial charge in [0.15, 0.2) is 18.1 Å². The Morgan fingerprint density at radius 2 is 2.19 bits per heavy atom. The molecule has 0 aliphatic heterocycles. The van der Waals surface area contributed by atoms with Crippen LogP contribution >= 0.6 is 0 Å². The molecule has 0 bridgehead atoms. The first-order valence-corrected chi connectivity index (χ1v) is 5.28. The lowest BCUT2D eigenvalue weighted by atomic mass is 10.1. The smallest absolute Gasteiger partial charge is 0.174 e. The highest BCUT2D eigenvalue weighted by Gasteiger charge is 2.10. The molecule has 86 valence electrons. The molecule has 0 heterocycles. The molecule has 0 amide bonds. The normalized spacial score (nSPS) is 9.56. The summed E-state index contributed by atoms with van der Waals surface area (Å²) in [5, 5.41) is 8.53. The molecule has 0 saturated carbocycles. The molecule has 0 atom stereocenters. The molecular formula is C12H16N2O2. The third kappa shape index (κ3) is 3.14. The largest absolute Gasteiger partial charge is 0.490 e. The van der Waals surface area contributed by atoms with Crippen LogP contribution < -0.4 is 15.2 Å². The van der Waals surface area contributed by atoms with E-state index < -0.39 is 0 Å². The van der Waals surface area contributed by atoms with Gasteiger partial charge in [0, 0.05) is 0 Å². The second kappa shape index (κ2) is 6.70. The maximum atomic E-state index is 8.53. The van der Waals surface area contributed by atoms with E-state index in [-0.39, 0.29) is 6.61 Å². The van der Waals surface area contributed by atoms with E-state index in [0.29, 0.717) is 31.1 Å². The van der Waals surface area contributed by atoms with Crippen LogP contribution in [0.25, 0.3) is 0 Å². The second-order valence-corrected chi connectivity index (χ2v) is 3.16. The molecule has 0 radical (unpaired) electrons. The van der Waals surface area contributed by atoms with Crippen molar-refractivity contribution in [2.45, 2.75) is 13.3 Å². The van der Waals surface area contributed by atoms with Crippen molar-refractivity contribution in [2.75, 3.05) is 19.8 Å². The number of hydrogen-bond donors (Lipinski definition) is 1. The van der Waals surface area contributed by atoms with E-state index in [1.54, 1.807) is 0 Å². The summed E-state index contributed by atoms with van der Waals surface area (Å²) in [6.07, 6.45) is 0.710. The second-order valence-electron chi connectivity index (χ2n) is 3.16. The number of para-hydroxylation sites is 1. The fraction of sp³-hybridized carbons (Fsp3) is 0.417. The SMILES string of the molecule is CCOc1cccc(CCN)c1OCC#N. The van der Waals surface area contributed by atoms with E-state index in [4.69, 9.17) is 20.5 Å². The van der Waals surface area contributed by atoms with Gasteiger partial charge in [0.2, 0.25) is 0 Å². The third-order valence-corrected chi connectivity index (χ3v) is 2.06. The van der Waals surface area contributed by atoms with Gasteiger partial charge in [0.25, 0.3) is 0 Å². The lowest BCUT2D eigenvalue weighted by molar-refractivity contribution is 0.296. The van der Waals surface area contributed by atoms with Crippen LogP contribution in [0.5, 0.6) is 11.5 Å². The molecule has 1 aromatic rings. The van der Waals surface area contributed by atoms with Gasteiger partial charge in [-0.1, -0.05) is 12.1 Å². The van der Waals surface area contributed by atoms with Gasteiger partial charge in [-0.2, -0.15) is 5.26 Å². The van der Waals surface area contributed by atoms with Crippen LogP contribution in [0.4, 0.5) is 0 Å². The highest BCUT2D eigenvalue weighted by molar-refractivity contribution is 5.47. The van der Waals surface area contributed by atoms with Gasteiger partial charge in [-0.05, 0) is 31.5 Å². The van der Waals surface area contributed by atoms with E-state index in [1.165, 1.54) is 0 Å². The zero-order chi connectivity index (χ0) is 11.8. The Hall–Kier alpha value is -1.73. The minimum absolute atomic E-state index is 0.0155. The Balaban J connectivity index is 2.97. The molecule has 0 aliphatic rings. The van der Waals surface area contributed by atoms with E-state index >= 15 is 0 Å². The summed E-state index contributed by atoms with van der Waals surface area (Å²) in [4.78, 5) is 0. The summed E-state index contributed by atoms with van der Waals surface area (Å²) in [5.74, 6) is 1.31. The minimum Gasteiger partial charge on any atom is -0.490 e. The minimum atomic E-state index is 0.0155. The first-order valence-electron chi connectivity index (χ1n) is 5.28. The quantitative estimate of drug-likeness (QED) is 0.788. The third-order valence-electron chi connectivity index (χ3n) is 2.06. The lowest BCUT2D eigenvalue weighted by Crippen LogP contribution is -2.07. The van der Waals surface area contributed by atoms with Crippen LogP contribution in [0.1, 0.15) is 12.5 Å². The predicted octanol–water partition coefficient (Wildman–Crippen LogP) is 1.49.